The van der Waals surface area contributed by atoms with E-state index in [9.17, 15) is 0 Å². The zero-order valence-corrected chi connectivity index (χ0v) is 7.33. The van der Waals surface area contributed by atoms with Gasteiger partial charge in [-0.3, -0.25) is 0 Å². The van der Waals surface area contributed by atoms with Crippen LogP contribution in [0.4, 0.5) is 5.69 Å². The van der Waals surface area contributed by atoms with Gasteiger partial charge in [-0.05, 0) is 29.0 Å². The van der Waals surface area contributed by atoms with Crippen LogP contribution in [0.1, 0.15) is 0 Å². The summed E-state index contributed by atoms with van der Waals surface area (Å²) in [6, 6.07) is 6.90. The Balaban J connectivity index is 1.97. The van der Waals surface area contributed by atoms with Crippen molar-refractivity contribution in [3.63, 3.8) is 0 Å². The molecule has 3 N–H and O–H groups in total. The monoisotopic (exact) mass is 189 g/mol. The molecule has 1 atom stereocenters. The van der Waals surface area contributed by atoms with Gasteiger partial charge in [0.2, 0.25) is 6.34 Å². The molecule has 0 bridgehead atoms. The number of hydrogen-bond acceptors (Lipinski definition) is 4. The highest BCUT2D eigenvalue weighted by Crippen LogP contribution is 2.43. The number of fused-ring (bicyclic) bond motifs is 1. The van der Waals surface area contributed by atoms with Gasteiger partial charge in [-0.15, -0.1) is 10.9 Å². The molecule has 0 spiro atoms. The second kappa shape index (κ2) is 2.14. The van der Waals surface area contributed by atoms with Crippen LogP contribution in [-0.4, -0.2) is 16.1 Å². The van der Waals surface area contributed by atoms with E-state index in [-0.39, 0.29) is 10.5 Å². The first-order valence-corrected chi connectivity index (χ1v) is 4.24. The van der Waals surface area contributed by atoms with E-state index in [1.54, 1.807) is 24.7 Å². The molecule has 0 radical (unpaired) electrons. The Morgan fingerprint density at radius 1 is 1.29 bits per heavy atom. The zero-order valence-electron chi connectivity index (χ0n) is 7.33. The van der Waals surface area contributed by atoms with Gasteiger partial charge in [-0.2, -0.15) is 4.99 Å². The van der Waals surface area contributed by atoms with Crippen LogP contribution in [0, 0.1) is 0 Å². The summed E-state index contributed by atoms with van der Waals surface area (Å²) in [5.74, 6) is 7.14. The van der Waals surface area contributed by atoms with E-state index in [1.807, 2.05) is 17.1 Å². The molecule has 0 saturated carbocycles. The number of nitrogens with two attached hydrogens (primary N) is 1. The van der Waals surface area contributed by atoms with Crippen molar-refractivity contribution in [1.82, 2.24) is 0 Å². The first-order chi connectivity index (χ1) is 6.72. The maximum Gasteiger partial charge on any atom is 0.326 e. The highest BCUT2D eigenvalue weighted by atomic mass is 16.3. The summed E-state index contributed by atoms with van der Waals surface area (Å²) >= 11 is 0. The Hall–Kier alpha value is -1.85. The topological polar surface area (TPSA) is 61.6 Å². The lowest BCUT2D eigenvalue weighted by Gasteiger charge is -2.03. The second-order valence-corrected chi connectivity index (χ2v) is 3.32. The van der Waals surface area contributed by atoms with Gasteiger partial charge in [-0.1, -0.05) is 0 Å². The molecule has 2 aliphatic rings. The molecule has 2 heterocycles. The molecule has 0 amide bonds. The van der Waals surface area contributed by atoms with Crippen molar-refractivity contribution in [1.29, 1.82) is 0 Å². The molecule has 0 aromatic heterocycles. The number of rotatable bonds is 1. The normalized spacial score (nSPS) is 27.5. The van der Waals surface area contributed by atoms with Gasteiger partial charge in [0.05, 0.1) is 0 Å². The molecule has 2 aliphatic heterocycles. The van der Waals surface area contributed by atoms with Crippen molar-refractivity contribution >= 4 is 12.0 Å². The van der Waals surface area contributed by atoms with Gasteiger partial charge in [0.1, 0.15) is 17.6 Å². The third-order valence-electron chi connectivity index (χ3n) is 2.40. The van der Waals surface area contributed by atoms with Crippen molar-refractivity contribution in [3.8, 4) is 5.75 Å². The first-order valence-electron chi connectivity index (χ1n) is 4.24. The SMILES string of the molecule is N[N+]12C=NC=C1N2c1ccc(O)cc1. The highest BCUT2D eigenvalue weighted by Gasteiger charge is 2.62. The third-order valence-corrected chi connectivity index (χ3v) is 2.40. The van der Waals surface area contributed by atoms with E-state index in [0.29, 0.717) is 0 Å². The molecular weight excluding hydrogens is 180 g/mol. The van der Waals surface area contributed by atoms with E-state index >= 15 is 0 Å². The van der Waals surface area contributed by atoms with E-state index in [1.165, 1.54) is 0 Å². The maximum absolute atomic E-state index is 9.13. The zero-order chi connectivity index (χ0) is 9.76. The summed E-state index contributed by atoms with van der Waals surface area (Å²) in [7, 11) is 0. The van der Waals surface area contributed by atoms with Crippen molar-refractivity contribution in [2.24, 2.45) is 10.8 Å². The minimum Gasteiger partial charge on any atom is -0.508 e. The van der Waals surface area contributed by atoms with Gasteiger partial charge in [0.25, 0.3) is 0 Å². The van der Waals surface area contributed by atoms with Gasteiger partial charge in [0, 0.05) is 0 Å². The van der Waals surface area contributed by atoms with E-state index < -0.39 is 0 Å². The Morgan fingerprint density at radius 3 is 2.57 bits per heavy atom. The van der Waals surface area contributed by atoms with Gasteiger partial charge < -0.3 is 5.11 Å². The average Bonchev–Trinajstić information content (AvgIpc) is 2.56. The van der Waals surface area contributed by atoms with Gasteiger partial charge in [0.15, 0.2) is 0 Å². The van der Waals surface area contributed by atoms with E-state index in [2.05, 4.69) is 4.99 Å². The number of nitrogens with zero attached hydrogens (tertiary/aromatic N) is 3. The molecule has 14 heavy (non-hydrogen) atoms. The number of aliphatic imine (C=N–C) groups is 1. The minimum absolute atomic E-state index is 0.144. The number of hydrogen-bond donors (Lipinski definition) is 2. The van der Waals surface area contributed by atoms with Crippen LogP contribution in [0.5, 0.6) is 5.75 Å². The van der Waals surface area contributed by atoms with Crippen molar-refractivity contribution in [2.45, 2.75) is 0 Å². The first kappa shape index (κ1) is 7.54. The number of phenolic OH excluding ortho intramolecular Hbond substituents is 1. The number of phenols is 1. The summed E-state index contributed by atoms with van der Waals surface area (Å²) < 4.78 is 0.144. The Labute approximate surface area is 80.5 Å². The standard InChI is InChI=1S/C9H8N4O/c10-13-6-11-5-9(13)12(13)7-1-3-8(14)4-2-7/h1-6H,10H2/p+1. The van der Waals surface area contributed by atoms with Crippen molar-refractivity contribution in [2.75, 3.05) is 5.01 Å². The van der Waals surface area contributed by atoms with Crippen LogP contribution in [0.25, 0.3) is 0 Å². The van der Waals surface area contributed by atoms with E-state index in [4.69, 9.17) is 10.9 Å². The molecule has 0 aliphatic carbocycles. The minimum atomic E-state index is 0.144. The predicted molar refractivity (Wildman–Crippen MR) is 51.6 cm³/mol. The van der Waals surface area contributed by atoms with Crippen LogP contribution < -0.4 is 10.9 Å². The Morgan fingerprint density at radius 2 is 2.00 bits per heavy atom. The molecule has 1 fully saturated rings. The largest absolute Gasteiger partial charge is 0.508 e. The van der Waals surface area contributed by atoms with Crippen molar-refractivity contribution < 1.29 is 9.81 Å². The molecule has 1 unspecified atom stereocenters. The average molecular weight is 189 g/mol. The molecule has 1 aromatic rings. The Kier molecular flexibility index (Phi) is 1.16. The van der Waals surface area contributed by atoms with Crippen LogP contribution in [0.2, 0.25) is 0 Å². The predicted octanol–water partition coefficient (Wildman–Crippen LogP) is 0.659. The maximum atomic E-state index is 9.13. The van der Waals surface area contributed by atoms with Crippen LogP contribution in [-0.2, 0) is 0 Å². The number of benzene rings is 1. The fraction of sp³-hybridized carbons (Fsp3) is 0. The summed E-state index contributed by atoms with van der Waals surface area (Å²) in [4.78, 5) is 3.95. The molecule has 5 heteroatoms. The molecule has 1 saturated heterocycles. The fourth-order valence-electron chi connectivity index (χ4n) is 1.63. The quantitative estimate of drug-likeness (QED) is 0.387. The molecule has 5 nitrogen and oxygen atoms in total. The number of aromatic hydroxyl groups is 1. The fourth-order valence-corrected chi connectivity index (χ4v) is 1.63. The highest BCUT2D eigenvalue weighted by molar-refractivity contribution is 5.67. The molecule has 3 rings (SSSR count). The molecule has 1 aromatic carbocycles. The van der Waals surface area contributed by atoms with Crippen molar-refractivity contribution in [3.05, 3.63) is 36.3 Å². The summed E-state index contributed by atoms with van der Waals surface area (Å²) in [6.07, 6.45) is 3.38. The summed E-state index contributed by atoms with van der Waals surface area (Å²) in [5, 5.41) is 11.0. The lowest BCUT2D eigenvalue weighted by atomic mass is 10.3. The second-order valence-electron chi connectivity index (χ2n) is 3.32. The smallest absolute Gasteiger partial charge is 0.326 e. The van der Waals surface area contributed by atoms with Gasteiger partial charge in [-0.25, -0.2) is 0 Å². The summed E-state index contributed by atoms with van der Waals surface area (Å²) in [6.45, 7) is 0. The van der Waals surface area contributed by atoms with Gasteiger partial charge >= 0.3 is 5.82 Å². The van der Waals surface area contributed by atoms with Crippen LogP contribution >= 0.6 is 0 Å². The van der Waals surface area contributed by atoms with E-state index in [0.717, 1.165) is 11.5 Å². The molecule has 70 valence electrons. The summed E-state index contributed by atoms with van der Waals surface area (Å²) in [5.41, 5.74) is 0.947. The lowest BCUT2D eigenvalue weighted by molar-refractivity contribution is -0.689. The van der Waals surface area contributed by atoms with Crippen LogP contribution in [0.15, 0.2) is 41.3 Å². The lowest BCUT2D eigenvalue weighted by Crippen LogP contribution is -2.36. The number of anilines is 1. The third kappa shape index (κ3) is 0.773. The number of quaternary nitrogens is 1. The molecular formula is C9H9N4O+. The Bertz CT molecular complexity index is 450. The van der Waals surface area contributed by atoms with Crippen LogP contribution in [0.3, 0.4) is 0 Å².